The van der Waals surface area contributed by atoms with Crippen LogP contribution in [0.15, 0.2) is 29.2 Å². The van der Waals surface area contributed by atoms with Crippen LogP contribution in [0.3, 0.4) is 0 Å². The van der Waals surface area contributed by atoms with Crippen molar-refractivity contribution in [3.63, 3.8) is 0 Å². The number of nitrogens with zero attached hydrogens (tertiary/aromatic N) is 2. The maximum absolute atomic E-state index is 12.8. The Morgan fingerprint density at radius 2 is 2.23 bits per heavy atom. The van der Waals surface area contributed by atoms with Crippen molar-refractivity contribution in [2.45, 2.75) is 25.7 Å². The largest absolute Gasteiger partial charge is 0.315 e. The predicted octanol–water partition coefficient (Wildman–Crippen LogP) is 2.22. The standard InChI is InChI=1S/C16H16FN3O2/c1-9-3-5-13-11(9)7-12(16(22)20(13)2)15(21)19-14-6-4-10(17)8-18-14/h4,6-9H,3,5H2,1-2H3,(H,18,19,21)/t9-/m0/s1. The fraction of sp³-hybridized carbons (Fsp3) is 0.312. The van der Waals surface area contributed by atoms with Crippen LogP contribution in [0.5, 0.6) is 0 Å². The van der Waals surface area contributed by atoms with Crippen molar-refractivity contribution in [1.29, 1.82) is 0 Å². The minimum atomic E-state index is -0.526. The molecule has 0 bridgehead atoms. The summed E-state index contributed by atoms with van der Waals surface area (Å²) in [5.41, 5.74) is 1.79. The molecule has 0 aromatic carbocycles. The number of carbonyl (C=O) groups excluding carboxylic acids is 1. The zero-order valence-electron chi connectivity index (χ0n) is 12.4. The van der Waals surface area contributed by atoms with Crippen molar-refractivity contribution in [3.05, 3.63) is 57.4 Å². The van der Waals surface area contributed by atoms with Crippen molar-refractivity contribution < 1.29 is 9.18 Å². The third-order valence-corrected chi connectivity index (χ3v) is 4.13. The number of nitrogens with one attached hydrogen (secondary N) is 1. The van der Waals surface area contributed by atoms with E-state index in [1.165, 1.54) is 12.1 Å². The molecule has 114 valence electrons. The van der Waals surface area contributed by atoms with Crippen molar-refractivity contribution in [2.24, 2.45) is 7.05 Å². The van der Waals surface area contributed by atoms with Gasteiger partial charge in [0.25, 0.3) is 11.5 Å². The summed E-state index contributed by atoms with van der Waals surface area (Å²) in [6, 6.07) is 4.23. The lowest BCUT2D eigenvalue weighted by Gasteiger charge is -2.12. The van der Waals surface area contributed by atoms with E-state index < -0.39 is 11.7 Å². The number of amides is 1. The first-order valence-electron chi connectivity index (χ1n) is 7.13. The molecular formula is C16H16FN3O2. The summed E-state index contributed by atoms with van der Waals surface area (Å²) >= 11 is 0. The topological polar surface area (TPSA) is 64.0 Å². The Balaban J connectivity index is 1.96. The quantitative estimate of drug-likeness (QED) is 0.925. The van der Waals surface area contributed by atoms with Crippen LogP contribution in [0.2, 0.25) is 0 Å². The van der Waals surface area contributed by atoms with Crippen LogP contribution in [0.4, 0.5) is 10.2 Å². The molecule has 2 aromatic rings. The number of hydrogen-bond donors (Lipinski definition) is 1. The molecular weight excluding hydrogens is 285 g/mol. The maximum Gasteiger partial charge on any atom is 0.263 e. The van der Waals surface area contributed by atoms with Gasteiger partial charge in [-0.15, -0.1) is 0 Å². The summed E-state index contributed by atoms with van der Waals surface area (Å²) in [6.45, 7) is 2.08. The second-order valence-corrected chi connectivity index (χ2v) is 5.58. The molecule has 0 aliphatic heterocycles. The molecule has 1 aliphatic carbocycles. The molecule has 2 heterocycles. The number of halogens is 1. The fourth-order valence-corrected chi connectivity index (χ4v) is 2.84. The third-order valence-electron chi connectivity index (χ3n) is 4.13. The number of aromatic nitrogens is 2. The molecule has 0 saturated carbocycles. The summed E-state index contributed by atoms with van der Waals surface area (Å²) in [6.07, 6.45) is 2.84. The third kappa shape index (κ3) is 2.41. The number of fused-ring (bicyclic) bond motifs is 1. The van der Waals surface area contributed by atoms with Gasteiger partial charge in [-0.1, -0.05) is 6.92 Å². The maximum atomic E-state index is 12.8. The normalized spacial score (nSPS) is 16.4. The van der Waals surface area contributed by atoms with Gasteiger partial charge in [0, 0.05) is 12.7 Å². The van der Waals surface area contributed by atoms with E-state index in [2.05, 4.69) is 17.2 Å². The number of hydrogen-bond acceptors (Lipinski definition) is 3. The van der Waals surface area contributed by atoms with Crippen LogP contribution in [-0.2, 0) is 13.5 Å². The van der Waals surface area contributed by atoms with Gasteiger partial charge in [0.1, 0.15) is 17.2 Å². The van der Waals surface area contributed by atoms with E-state index in [4.69, 9.17) is 0 Å². The predicted molar refractivity (Wildman–Crippen MR) is 80.6 cm³/mol. The second-order valence-electron chi connectivity index (χ2n) is 5.58. The van der Waals surface area contributed by atoms with Gasteiger partial charge in [-0.3, -0.25) is 9.59 Å². The average Bonchev–Trinajstić information content (AvgIpc) is 2.86. The van der Waals surface area contributed by atoms with E-state index in [0.29, 0.717) is 5.92 Å². The van der Waals surface area contributed by atoms with Crippen LogP contribution in [0.25, 0.3) is 0 Å². The van der Waals surface area contributed by atoms with Gasteiger partial charge < -0.3 is 9.88 Å². The molecule has 1 amide bonds. The molecule has 3 rings (SSSR count). The lowest BCUT2D eigenvalue weighted by Crippen LogP contribution is -2.30. The fourth-order valence-electron chi connectivity index (χ4n) is 2.84. The van der Waals surface area contributed by atoms with Gasteiger partial charge in [0.05, 0.1) is 6.20 Å². The van der Waals surface area contributed by atoms with Crippen LogP contribution in [0.1, 0.15) is 40.9 Å². The van der Waals surface area contributed by atoms with Gasteiger partial charge >= 0.3 is 0 Å². The van der Waals surface area contributed by atoms with Crippen LogP contribution in [0, 0.1) is 5.82 Å². The zero-order chi connectivity index (χ0) is 15.9. The number of anilines is 1. The van der Waals surface area contributed by atoms with E-state index >= 15 is 0 Å². The first-order chi connectivity index (χ1) is 10.5. The molecule has 0 radical (unpaired) electrons. The van der Waals surface area contributed by atoms with Crippen molar-refractivity contribution in [3.8, 4) is 0 Å². The molecule has 22 heavy (non-hydrogen) atoms. The summed E-state index contributed by atoms with van der Waals surface area (Å²) in [5, 5.41) is 2.53. The number of pyridine rings is 2. The minimum Gasteiger partial charge on any atom is -0.315 e. The first kappa shape index (κ1) is 14.4. The smallest absolute Gasteiger partial charge is 0.263 e. The Hall–Kier alpha value is -2.50. The summed E-state index contributed by atoms with van der Waals surface area (Å²) < 4.78 is 14.4. The highest BCUT2D eigenvalue weighted by atomic mass is 19.1. The van der Waals surface area contributed by atoms with E-state index in [-0.39, 0.29) is 16.9 Å². The highest BCUT2D eigenvalue weighted by Gasteiger charge is 2.25. The highest BCUT2D eigenvalue weighted by Crippen LogP contribution is 2.31. The molecule has 1 aliphatic rings. The SMILES string of the molecule is C[C@H]1CCc2c1cc(C(=O)Nc1ccc(F)cn1)c(=O)n2C. The lowest BCUT2D eigenvalue weighted by molar-refractivity contribution is 0.102. The summed E-state index contributed by atoms with van der Waals surface area (Å²) in [4.78, 5) is 28.4. The van der Waals surface area contributed by atoms with Crippen molar-refractivity contribution in [1.82, 2.24) is 9.55 Å². The average molecular weight is 301 g/mol. The Labute approximate surface area is 126 Å². The van der Waals surface area contributed by atoms with Crippen molar-refractivity contribution >= 4 is 11.7 Å². The van der Waals surface area contributed by atoms with Crippen LogP contribution in [-0.4, -0.2) is 15.5 Å². The Bertz CT molecular complexity index is 796. The Kier molecular flexibility index (Phi) is 3.52. The zero-order valence-corrected chi connectivity index (χ0v) is 12.4. The number of rotatable bonds is 2. The minimum absolute atomic E-state index is 0.0844. The van der Waals surface area contributed by atoms with Gasteiger partial charge in [0.2, 0.25) is 0 Å². The van der Waals surface area contributed by atoms with Crippen LogP contribution < -0.4 is 10.9 Å². The van der Waals surface area contributed by atoms with Crippen LogP contribution >= 0.6 is 0 Å². The summed E-state index contributed by atoms with van der Waals surface area (Å²) in [5.74, 6) is -0.471. The molecule has 5 nitrogen and oxygen atoms in total. The van der Waals surface area contributed by atoms with E-state index in [1.807, 2.05) is 0 Å². The Morgan fingerprint density at radius 1 is 1.45 bits per heavy atom. The molecule has 0 unspecified atom stereocenters. The van der Waals surface area contributed by atoms with E-state index in [0.717, 1.165) is 30.3 Å². The van der Waals surface area contributed by atoms with Crippen molar-refractivity contribution in [2.75, 3.05) is 5.32 Å². The number of carbonyl (C=O) groups is 1. The van der Waals surface area contributed by atoms with E-state index in [1.54, 1.807) is 17.7 Å². The highest BCUT2D eigenvalue weighted by molar-refractivity contribution is 6.03. The van der Waals surface area contributed by atoms with Gasteiger partial charge in [-0.2, -0.15) is 0 Å². The second kappa shape index (κ2) is 5.36. The molecule has 0 fully saturated rings. The molecule has 0 saturated heterocycles. The van der Waals surface area contributed by atoms with Gasteiger partial charge in [-0.05, 0) is 42.5 Å². The monoisotopic (exact) mass is 301 g/mol. The Morgan fingerprint density at radius 3 is 2.91 bits per heavy atom. The van der Waals surface area contributed by atoms with Gasteiger partial charge in [-0.25, -0.2) is 9.37 Å². The molecule has 2 aromatic heterocycles. The lowest BCUT2D eigenvalue weighted by atomic mass is 10.0. The summed E-state index contributed by atoms with van der Waals surface area (Å²) in [7, 11) is 1.69. The molecule has 1 atom stereocenters. The van der Waals surface area contributed by atoms with E-state index in [9.17, 15) is 14.0 Å². The molecule has 0 spiro atoms. The molecule has 1 N–H and O–H groups in total. The molecule has 6 heteroatoms. The van der Waals surface area contributed by atoms with Gasteiger partial charge in [0.15, 0.2) is 0 Å². The first-order valence-corrected chi connectivity index (χ1v) is 7.13.